The number of aromatic nitrogens is 2. The van der Waals surface area contributed by atoms with Crippen LogP contribution in [-0.2, 0) is 11.3 Å². The van der Waals surface area contributed by atoms with Crippen LogP contribution in [0.1, 0.15) is 6.42 Å². The molecule has 114 valence electrons. The van der Waals surface area contributed by atoms with Gasteiger partial charge < -0.3 is 10.4 Å². The first-order chi connectivity index (χ1) is 10.2. The van der Waals surface area contributed by atoms with Crippen LogP contribution in [0, 0.1) is 0 Å². The first kappa shape index (κ1) is 16.0. The van der Waals surface area contributed by atoms with Gasteiger partial charge >= 0.3 is 0 Å². The average Bonchev–Trinajstić information content (AvgIpc) is 2.95. The van der Waals surface area contributed by atoms with Crippen LogP contribution in [0.2, 0.25) is 0 Å². The molecule has 0 saturated carbocycles. The van der Waals surface area contributed by atoms with E-state index >= 15 is 0 Å². The third kappa shape index (κ3) is 4.05. The van der Waals surface area contributed by atoms with Crippen molar-refractivity contribution in [2.75, 3.05) is 18.6 Å². The molecular weight excluding hydrogens is 310 g/mol. The lowest BCUT2D eigenvalue weighted by atomic mass is 10.2. The lowest BCUT2D eigenvalue weighted by Gasteiger charge is -2.16. The Labute approximate surface area is 130 Å². The fourth-order valence-corrected chi connectivity index (χ4v) is 3.15. The molecule has 1 amide bonds. The monoisotopic (exact) mass is 327 g/mol. The predicted octanol–water partition coefficient (Wildman–Crippen LogP) is 0.688. The number of rotatable bonds is 7. The van der Waals surface area contributed by atoms with Gasteiger partial charge in [-0.25, -0.2) is 4.98 Å². The Hall–Kier alpha value is -1.38. The molecule has 1 unspecified atom stereocenters. The molecule has 0 bridgehead atoms. The number of nitrogens with zero attached hydrogens (tertiary/aromatic N) is 2. The summed E-state index contributed by atoms with van der Waals surface area (Å²) in [4.78, 5) is 28.9. The molecule has 0 saturated heterocycles. The highest BCUT2D eigenvalue weighted by Crippen LogP contribution is 2.13. The molecule has 0 spiro atoms. The third-order valence-corrected chi connectivity index (χ3v) is 4.49. The fourth-order valence-electron chi connectivity index (χ4n) is 1.90. The van der Waals surface area contributed by atoms with E-state index in [4.69, 9.17) is 0 Å². The van der Waals surface area contributed by atoms with E-state index in [1.54, 1.807) is 23.2 Å². The second kappa shape index (κ2) is 7.58. The molecule has 0 radical (unpaired) electrons. The number of fused-ring (bicyclic) bond motifs is 1. The Bertz CT molecular complexity index is 668. The van der Waals surface area contributed by atoms with Gasteiger partial charge in [-0.2, -0.15) is 11.8 Å². The van der Waals surface area contributed by atoms with E-state index in [-0.39, 0.29) is 30.7 Å². The number of carbonyl (C=O) groups is 1. The number of amides is 1. The van der Waals surface area contributed by atoms with Crippen LogP contribution in [0.15, 0.2) is 22.6 Å². The highest BCUT2D eigenvalue weighted by atomic mass is 32.2. The molecule has 1 atom stereocenters. The number of thioether (sulfide) groups is 1. The zero-order valence-corrected chi connectivity index (χ0v) is 13.2. The second-order valence-corrected chi connectivity index (χ2v) is 6.43. The minimum atomic E-state index is -0.298. The van der Waals surface area contributed by atoms with Gasteiger partial charge in [-0.15, -0.1) is 11.3 Å². The van der Waals surface area contributed by atoms with Gasteiger partial charge in [-0.1, -0.05) is 0 Å². The zero-order chi connectivity index (χ0) is 15.2. The molecule has 2 aromatic heterocycles. The molecule has 0 fully saturated rings. The molecule has 0 aliphatic rings. The van der Waals surface area contributed by atoms with Crippen molar-refractivity contribution in [1.29, 1.82) is 0 Å². The summed E-state index contributed by atoms with van der Waals surface area (Å²) in [5.41, 5.74) is -0.221. The van der Waals surface area contributed by atoms with E-state index in [2.05, 4.69) is 10.3 Å². The summed E-state index contributed by atoms with van der Waals surface area (Å²) in [6.07, 6.45) is 4.05. The SMILES string of the molecule is CSCCC(CO)NC(=O)Cn1cnc2sccc2c1=O. The van der Waals surface area contributed by atoms with Gasteiger partial charge in [0, 0.05) is 0 Å². The Morgan fingerprint density at radius 1 is 1.62 bits per heavy atom. The van der Waals surface area contributed by atoms with Gasteiger partial charge in [-0.3, -0.25) is 14.2 Å². The first-order valence-corrected chi connectivity index (χ1v) is 8.75. The van der Waals surface area contributed by atoms with Crippen molar-refractivity contribution in [2.24, 2.45) is 0 Å². The van der Waals surface area contributed by atoms with E-state index in [0.29, 0.717) is 16.6 Å². The van der Waals surface area contributed by atoms with E-state index in [1.807, 2.05) is 6.26 Å². The summed E-state index contributed by atoms with van der Waals surface area (Å²) in [6, 6.07) is 1.43. The molecule has 2 heterocycles. The summed E-state index contributed by atoms with van der Waals surface area (Å²) in [5, 5.41) is 14.3. The summed E-state index contributed by atoms with van der Waals surface area (Å²) >= 11 is 3.05. The zero-order valence-electron chi connectivity index (χ0n) is 11.6. The van der Waals surface area contributed by atoms with Gasteiger partial charge in [0.2, 0.25) is 5.91 Å². The van der Waals surface area contributed by atoms with Crippen molar-refractivity contribution < 1.29 is 9.90 Å². The van der Waals surface area contributed by atoms with Crippen LogP contribution in [0.4, 0.5) is 0 Å². The van der Waals surface area contributed by atoms with Gasteiger partial charge in [0.15, 0.2) is 0 Å². The van der Waals surface area contributed by atoms with Gasteiger partial charge in [-0.05, 0) is 29.9 Å². The highest BCUT2D eigenvalue weighted by molar-refractivity contribution is 7.98. The van der Waals surface area contributed by atoms with E-state index in [0.717, 1.165) is 5.75 Å². The maximum absolute atomic E-state index is 12.1. The molecule has 2 rings (SSSR count). The van der Waals surface area contributed by atoms with E-state index in [1.165, 1.54) is 22.2 Å². The van der Waals surface area contributed by atoms with Gasteiger partial charge in [0.05, 0.1) is 24.4 Å². The quantitative estimate of drug-likeness (QED) is 0.781. The summed E-state index contributed by atoms with van der Waals surface area (Å²) in [6.45, 7) is -0.198. The second-order valence-electron chi connectivity index (χ2n) is 4.55. The fraction of sp³-hybridized carbons (Fsp3) is 0.462. The van der Waals surface area contributed by atoms with Crippen LogP contribution in [-0.4, -0.2) is 45.2 Å². The van der Waals surface area contributed by atoms with Crippen molar-refractivity contribution in [1.82, 2.24) is 14.9 Å². The number of hydrogen-bond donors (Lipinski definition) is 2. The Morgan fingerprint density at radius 3 is 3.14 bits per heavy atom. The Kier molecular flexibility index (Phi) is 5.77. The topological polar surface area (TPSA) is 84.2 Å². The van der Waals surface area contributed by atoms with E-state index < -0.39 is 0 Å². The molecule has 8 heteroatoms. The van der Waals surface area contributed by atoms with Crippen LogP contribution in [0.25, 0.3) is 10.2 Å². The van der Waals surface area contributed by atoms with E-state index in [9.17, 15) is 14.7 Å². The molecule has 6 nitrogen and oxygen atoms in total. The summed E-state index contributed by atoms with van der Waals surface area (Å²) < 4.78 is 1.29. The molecule has 2 aromatic rings. The van der Waals surface area contributed by atoms with Crippen molar-refractivity contribution in [3.05, 3.63) is 28.1 Å². The first-order valence-electron chi connectivity index (χ1n) is 6.47. The van der Waals surface area contributed by atoms with Crippen molar-refractivity contribution in [3.63, 3.8) is 0 Å². The lowest BCUT2D eigenvalue weighted by Crippen LogP contribution is -2.41. The lowest BCUT2D eigenvalue weighted by molar-refractivity contribution is -0.122. The van der Waals surface area contributed by atoms with Crippen LogP contribution < -0.4 is 10.9 Å². The number of carbonyl (C=O) groups excluding carboxylic acids is 1. The standard InChI is InChI=1S/C13H17N3O3S2/c1-20-4-2-9(7-17)15-11(18)6-16-8-14-12-10(13(16)19)3-5-21-12/h3,5,8-9,17H,2,4,6-7H2,1H3,(H,15,18). The minimum Gasteiger partial charge on any atom is -0.394 e. The molecule has 0 aliphatic carbocycles. The molecule has 0 aromatic carbocycles. The predicted molar refractivity (Wildman–Crippen MR) is 85.9 cm³/mol. The molecule has 21 heavy (non-hydrogen) atoms. The molecule has 0 aliphatic heterocycles. The van der Waals surface area contributed by atoms with Crippen LogP contribution >= 0.6 is 23.1 Å². The third-order valence-electron chi connectivity index (χ3n) is 3.02. The Balaban J connectivity index is 2.03. The van der Waals surface area contributed by atoms with Gasteiger partial charge in [0.25, 0.3) is 5.56 Å². The summed E-state index contributed by atoms with van der Waals surface area (Å²) in [7, 11) is 0. The maximum Gasteiger partial charge on any atom is 0.262 e. The minimum absolute atomic E-state index is 0.0899. The maximum atomic E-state index is 12.1. The highest BCUT2D eigenvalue weighted by Gasteiger charge is 2.13. The Morgan fingerprint density at radius 2 is 2.43 bits per heavy atom. The number of aliphatic hydroxyl groups is 1. The average molecular weight is 327 g/mol. The van der Waals surface area contributed by atoms with Crippen LogP contribution in [0.5, 0.6) is 0 Å². The smallest absolute Gasteiger partial charge is 0.262 e. The number of nitrogens with one attached hydrogen (secondary N) is 1. The van der Waals surface area contributed by atoms with Crippen molar-refractivity contribution in [2.45, 2.75) is 19.0 Å². The van der Waals surface area contributed by atoms with Gasteiger partial charge in [0.1, 0.15) is 11.4 Å². The molecular formula is C13H17N3O3S2. The summed E-state index contributed by atoms with van der Waals surface area (Å²) in [5.74, 6) is 0.557. The number of thiophene rings is 1. The molecule has 2 N–H and O–H groups in total. The van der Waals surface area contributed by atoms with Crippen molar-refractivity contribution >= 4 is 39.2 Å². The largest absolute Gasteiger partial charge is 0.394 e. The van der Waals surface area contributed by atoms with Crippen molar-refractivity contribution in [3.8, 4) is 0 Å². The normalized spacial score (nSPS) is 12.5. The number of aliphatic hydroxyl groups excluding tert-OH is 1. The number of hydrogen-bond acceptors (Lipinski definition) is 6. The van der Waals surface area contributed by atoms with Crippen LogP contribution in [0.3, 0.4) is 0 Å².